The maximum absolute atomic E-state index is 14.3. The molecule has 0 saturated heterocycles. The van der Waals surface area contributed by atoms with E-state index >= 15 is 0 Å². The first kappa shape index (κ1) is 51.7. The standard InChI is InChI=1S/C55H71N5O7/c1-37(2)27-31-65-49-25-23-40-17-8-10-20-45(40)51(49)52-46-21-11-9-18-41(46)24-26-50(52)67-36-44(61)34-42(19-12-13-29-56)53(63)60-47(22-14-30-59-55(57)58)48(62)35-43(33-38(3)4)54(64)66-32-28-39-15-6-5-7-16-39/h5-11,15-18,20-21,23-26,37-38,42-43,47H,12-14,19,22,27-36,56H2,1-4H3,(H,60,63)(H4,57,58,59)/t42-,43+,47+/m0/s1. The van der Waals surface area contributed by atoms with Crippen LogP contribution in [0.25, 0.3) is 32.7 Å². The molecule has 12 nitrogen and oxygen atoms in total. The lowest BCUT2D eigenvalue weighted by atomic mass is 9.89. The number of esters is 1. The van der Waals surface area contributed by atoms with Crippen LogP contribution in [0.4, 0.5) is 0 Å². The topological polar surface area (TPSA) is 198 Å². The van der Waals surface area contributed by atoms with Crippen molar-refractivity contribution in [3.8, 4) is 22.6 Å². The first-order valence-electron chi connectivity index (χ1n) is 23.9. The lowest BCUT2D eigenvalue weighted by Gasteiger charge is -2.24. The number of carbonyl (C=O) groups excluding carboxylic acids is 4. The molecule has 0 saturated carbocycles. The number of hydrogen-bond donors (Lipinski definition) is 4. The molecule has 0 heterocycles. The third kappa shape index (κ3) is 16.2. The molecule has 5 aromatic carbocycles. The molecule has 1 amide bonds. The van der Waals surface area contributed by atoms with Crippen molar-refractivity contribution >= 4 is 50.9 Å². The summed E-state index contributed by atoms with van der Waals surface area (Å²) in [6, 6.07) is 32.9. The molecule has 5 aromatic rings. The predicted molar refractivity (Wildman–Crippen MR) is 269 cm³/mol. The van der Waals surface area contributed by atoms with Gasteiger partial charge in [-0.2, -0.15) is 0 Å². The summed E-state index contributed by atoms with van der Waals surface area (Å²) >= 11 is 0. The fourth-order valence-electron chi connectivity index (χ4n) is 8.37. The highest BCUT2D eigenvalue weighted by molar-refractivity contribution is 6.10. The van der Waals surface area contributed by atoms with Gasteiger partial charge in [0.1, 0.15) is 18.1 Å². The summed E-state index contributed by atoms with van der Waals surface area (Å²) in [6.07, 6.45) is 3.90. The number of Topliss-reactive ketones (excluding diaryl/α,β-unsaturated/α-hetero) is 2. The SMILES string of the molecule is CC(C)CCOc1ccc2ccccc2c1-c1c(OCC(=O)C[C@H](CCCCN)C(=O)N[C@H](CCCN=C(N)N)C(=O)C[C@@H](CC(C)C)C(=O)OCCc2ccccc2)ccc2ccccc12. The highest BCUT2D eigenvalue weighted by atomic mass is 16.5. The van der Waals surface area contributed by atoms with Crippen LogP contribution < -0.4 is 32.0 Å². The number of nitrogens with one attached hydrogen (secondary N) is 1. The van der Waals surface area contributed by atoms with E-state index in [0.717, 1.165) is 50.4 Å². The van der Waals surface area contributed by atoms with Gasteiger partial charge in [-0.15, -0.1) is 0 Å². The molecule has 0 bridgehead atoms. The first-order valence-corrected chi connectivity index (χ1v) is 23.9. The van der Waals surface area contributed by atoms with Gasteiger partial charge in [-0.1, -0.05) is 125 Å². The molecule has 0 spiro atoms. The van der Waals surface area contributed by atoms with Crippen LogP contribution in [-0.4, -0.2) is 68.4 Å². The van der Waals surface area contributed by atoms with Crippen LogP contribution in [0.3, 0.4) is 0 Å². The van der Waals surface area contributed by atoms with E-state index in [9.17, 15) is 19.2 Å². The summed E-state index contributed by atoms with van der Waals surface area (Å²) in [5.41, 5.74) is 19.8. The Labute approximate surface area is 396 Å². The summed E-state index contributed by atoms with van der Waals surface area (Å²) in [6.45, 7) is 9.42. The fourth-order valence-corrected chi connectivity index (χ4v) is 8.37. The van der Waals surface area contributed by atoms with Crippen LogP contribution in [0.15, 0.2) is 108 Å². The number of rotatable bonds is 29. The Bertz CT molecular complexity index is 2410. The summed E-state index contributed by atoms with van der Waals surface area (Å²) in [7, 11) is 0. The van der Waals surface area contributed by atoms with Gasteiger partial charge in [0, 0.05) is 42.9 Å². The first-order chi connectivity index (χ1) is 32.3. The Hall–Kier alpha value is -6.27. The van der Waals surface area contributed by atoms with Gasteiger partial charge in [0.15, 0.2) is 17.5 Å². The van der Waals surface area contributed by atoms with Crippen molar-refractivity contribution in [2.45, 2.75) is 97.9 Å². The predicted octanol–water partition coefficient (Wildman–Crippen LogP) is 9.11. The molecule has 0 aliphatic heterocycles. The van der Waals surface area contributed by atoms with Crippen molar-refractivity contribution < 1.29 is 33.4 Å². The summed E-state index contributed by atoms with van der Waals surface area (Å²) in [5.74, 6) is -1.18. The Balaban J connectivity index is 1.36. The van der Waals surface area contributed by atoms with Crippen molar-refractivity contribution in [1.82, 2.24) is 5.32 Å². The summed E-state index contributed by atoms with van der Waals surface area (Å²) in [4.78, 5) is 60.0. The smallest absolute Gasteiger partial charge is 0.309 e. The second kappa shape index (κ2) is 26.8. The molecular weight excluding hydrogens is 843 g/mol. The number of nitrogens with zero attached hydrogens (tertiary/aromatic N) is 1. The zero-order chi connectivity index (χ0) is 48.1. The monoisotopic (exact) mass is 914 g/mol. The Kier molecular flexibility index (Phi) is 20.7. The third-order valence-electron chi connectivity index (χ3n) is 11.9. The highest BCUT2D eigenvalue weighted by Gasteiger charge is 2.31. The van der Waals surface area contributed by atoms with Crippen molar-refractivity contribution in [3.05, 3.63) is 109 Å². The van der Waals surface area contributed by atoms with Gasteiger partial charge >= 0.3 is 5.97 Å². The molecule has 12 heteroatoms. The number of guanidine groups is 1. The van der Waals surface area contributed by atoms with Crippen molar-refractivity contribution in [1.29, 1.82) is 0 Å². The van der Waals surface area contributed by atoms with Gasteiger partial charge in [0.25, 0.3) is 0 Å². The van der Waals surface area contributed by atoms with E-state index in [4.69, 9.17) is 31.4 Å². The number of nitrogens with two attached hydrogens (primary N) is 3. The number of ketones is 2. The molecule has 0 fully saturated rings. The number of aliphatic imine (C=N–C) groups is 1. The quantitative estimate of drug-likeness (QED) is 0.0155. The minimum atomic E-state index is -0.949. The van der Waals surface area contributed by atoms with E-state index in [1.165, 1.54) is 0 Å². The number of fused-ring (bicyclic) bond motifs is 2. The van der Waals surface area contributed by atoms with Crippen molar-refractivity contribution in [3.63, 3.8) is 0 Å². The average molecular weight is 914 g/mol. The molecule has 67 heavy (non-hydrogen) atoms. The van der Waals surface area contributed by atoms with Crippen LogP contribution in [0, 0.1) is 23.7 Å². The second-order valence-electron chi connectivity index (χ2n) is 18.3. The molecule has 0 aliphatic carbocycles. The van der Waals surface area contributed by atoms with E-state index in [0.29, 0.717) is 63.3 Å². The lowest BCUT2D eigenvalue weighted by molar-refractivity contribution is -0.151. The fraction of sp³-hybridized carbons (Fsp3) is 0.436. The molecule has 358 valence electrons. The minimum Gasteiger partial charge on any atom is -0.493 e. The summed E-state index contributed by atoms with van der Waals surface area (Å²) < 4.78 is 18.7. The second-order valence-corrected chi connectivity index (χ2v) is 18.3. The van der Waals surface area contributed by atoms with Gasteiger partial charge in [-0.05, 0) is 96.1 Å². The number of amides is 1. The van der Waals surface area contributed by atoms with E-state index in [1.54, 1.807) is 0 Å². The number of hydrogen-bond acceptors (Lipinski definition) is 9. The Morgan fingerprint density at radius 3 is 1.88 bits per heavy atom. The zero-order valence-corrected chi connectivity index (χ0v) is 39.8. The normalized spacial score (nSPS) is 12.7. The van der Waals surface area contributed by atoms with Crippen LogP contribution in [0.1, 0.15) is 91.0 Å². The molecule has 7 N–H and O–H groups in total. The van der Waals surface area contributed by atoms with Gasteiger partial charge in [-0.3, -0.25) is 24.2 Å². The molecule has 0 unspecified atom stereocenters. The van der Waals surface area contributed by atoms with Gasteiger partial charge < -0.3 is 36.7 Å². The molecule has 0 aromatic heterocycles. The van der Waals surface area contributed by atoms with Crippen LogP contribution in [0.5, 0.6) is 11.5 Å². The van der Waals surface area contributed by atoms with Gasteiger partial charge in [0.2, 0.25) is 5.91 Å². The van der Waals surface area contributed by atoms with Crippen LogP contribution >= 0.6 is 0 Å². The van der Waals surface area contributed by atoms with E-state index in [2.05, 4.69) is 42.4 Å². The van der Waals surface area contributed by atoms with E-state index in [-0.39, 0.29) is 62.5 Å². The number of benzene rings is 5. The van der Waals surface area contributed by atoms with Gasteiger partial charge in [0.05, 0.1) is 25.2 Å². The molecule has 5 rings (SSSR count). The molecule has 0 radical (unpaired) electrons. The zero-order valence-electron chi connectivity index (χ0n) is 39.8. The number of ether oxygens (including phenoxy) is 3. The average Bonchev–Trinajstić information content (AvgIpc) is 3.31. The minimum absolute atomic E-state index is 0.0776. The molecular formula is C55H71N5O7. The van der Waals surface area contributed by atoms with Crippen LogP contribution in [-0.2, 0) is 30.3 Å². The Morgan fingerprint density at radius 1 is 0.642 bits per heavy atom. The Morgan fingerprint density at radius 2 is 1.27 bits per heavy atom. The largest absolute Gasteiger partial charge is 0.493 e. The van der Waals surface area contributed by atoms with Crippen molar-refractivity contribution in [2.24, 2.45) is 45.9 Å². The molecule has 3 atom stereocenters. The maximum Gasteiger partial charge on any atom is 0.309 e. The number of carbonyl (C=O) groups is 4. The van der Waals surface area contributed by atoms with Crippen molar-refractivity contribution in [2.75, 3.05) is 32.9 Å². The summed E-state index contributed by atoms with van der Waals surface area (Å²) in [5, 5.41) is 6.97. The maximum atomic E-state index is 14.3. The lowest BCUT2D eigenvalue weighted by Crippen LogP contribution is -2.45. The number of unbranched alkanes of at least 4 members (excludes halogenated alkanes) is 1. The van der Waals surface area contributed by atoms with Gasteiger partial charge in [-0.25, -0.2) is 0 Å². The van der Waals surface area contributed by atoms with E-state index < -0.39 is 29.8 Å². The highest BCUT2D eigenvalue weighted by Crippen LogP contribution is 2.45. The third-order valence-corrected chi connectivity index (χ3v) is 11.9. The van der Waals surface area contributed by atoms with Crippen LogP contribution in [0.2, 0.25) is 0 Å². The molecule has 0 aliphatic rings. The van der Waals surface area contributed by atoms with E-state index in [1.807, 2.05) is 98.8 Å².